The highest BCUT2D eigenvalue weighted by Crippen LogP contribution is 2.35. The van der Waals surface area contributed by atoms with Gasteiger partial charge in [0.25, 0.3) is 11.1 Å². The van der Waals surface area contributed by atoms with Crippen LogP contribution < -0.4 is 0 Å². The van der Waals surface area contributed by atoms with E-state index in [9.17, 15) is 14.7 Å². The van der Waals surface area contributed by atoms with Crippen LogP contribution in [0.3, 0.4) is 0 Å². The summed E-state index contributed by atoms with van der Waals surface area (Å²) < 4.78 is 0.940. The van der Waals surface area contributed by atoms with Crippen molar-refractivity contribution in [2.75, 3.05) is 0 Å². The number of imide groups is 1. The second kappa shape index (κ2) is 6.98. The zero-order valence-corrected chi connectivity index (χ0v) is 15.8. The van der Waals surface area contributed by atoms with Crippen LogP contribution in [-0.2, 0) is 11.3 Å². The molecule has 0 bridgehead atoms. The average molecular weight is 451 g/mol. The first-order chi connectivity index (χ1) is 11.4. The highest BCUT2D eigenvalue weighted by molar-refractivity contribution is 14.1. The van der Waals surface area contributed by atoms with E-state index in [1.807, 2.05) is 31.2 Å². The van der Waals surface area contributed by atoms with E-state index < -0.39 is 0 Å². The third-order valence-corrected chi connectivity index (χ3v) is 5.15. The van der Waals surface area contributed by atoms with Crippen molar-refractivity contribution >= 4 is 51.6 Å². The normalized spacial score (nSPS) is 16.2. The molecular weight excluding hydrogens is 437 g/mol. The number of rotatable bonds is 3. The number of benzene rings is 2. The van der Waals surface area contributed by atoms with Gasteiger partial charge in [-0.05, 0) is 71.1 Å². The number of halogens is 1. The molecule has 2 aromatic rings. The lowest BCUT2D eigenvalue weighted by molar-refractivity contribution is -0.123. The fraction of sp³-hybridized carbons (Fsp3) is 0.111. The Balaban J connectivity index is 1.86. The number of amides is 2. The number of hydrogen-bond acceptors (Lipinski definition) is 4. The van der Waals surface area contributed by atoms with E-state index in [0.717, 1.165) is 26.5 Å². The minimum absolute atomic E-state index is 0.0842. The minimum atomic E-state index is -0.329. The number of hydrogen-bond donors (Lipinski definition) is 1. The molecule has 6 heteroatoms. The van der Waals surface area contributed by atoms with Crippen molar-refractivity contribution in [3.05, 3.63) is 67.6 Å². The van der Waals surface area contributed by atoms with Crippen molar-refractivity contribution in [3.63, 3.8) is 0 Å². The van der Waals surface area contributed by atoms with Gasteiger partial charge in [-0.3, -0.25) is 14.5 Å². The largest absolute Gasteiger partial charge is 0.507 e. The first kappa shape index (κ1) is 17.0. The van der Waals surface area contributed by atoms with Crippen LogP contribution in [-0.4, -0.2) is 21.2 Å². The molecule has 1 aliphatic heterocycles. The van der Waals surface area contributed by atoms with E-state index in [4.69, 9.17) is 0 Å². The average Bonchev–Trinajstić information content (AvgIpc) is 2.79. The Hall–Kier alpha value is -1.80. The Morgan fingerprint density at radius 2 is 2.00 bits per heavy atom. The van der Waals surface area contributed by atoms with Gasteiger partial charge in [0.15, 0.2) is 0 Å². The quantitative estimate of drug-likeness (QED) is 0.550. The summed E-state index contributed by atoms with van der Waals surface area (Å²) in [5.41, 5.74) is 2.53. The van der Waals surface area contributed by atoms with Crippen LogP contribution in [0, 0.1) is 10.5 Å². The molecule has 0 spiro atoms. The van der Waals surface area contributed by atoms with Gasteiger partial charge in [0.1, 0.15) is 5.75 Å². The Kier molecular flexibility index (Phi) is 4.96. The third kappa shape index (κ3) is 3.64. The fourth-order valence-corrected chi connectivity index (χ4v) is 3.76. The van der Waals surface area contributed by atoms with E-state index in [2.05, 4.69) is 22.6 Å². The van der Waals surface area contributed by atoms with Gasteiger partial charge in [-0.25, -0.2) is 0 Å². The maximum Gasteiger partial charge on any atom is 0.293 e. The standard InChI is InChI=1S/C18H14INO3S/c1-11-3-2-4-12(7-11)10-20-17(22)16(24-18(20)23)9-13-8-14(19)5-6-15(13)21/h2-9,21H,10H2,1H3/b16-9-. The van der Waals surface area contributed by atoms with Gasteiger partial charge in [-0.2, -0.15) is 0 Å². The summed E-state index contributed by atoms with van der Waals surface area (Å²) in [6.07, 6.45) is 1.57. The molecule has 1 fully saturated rings. The lowest BCUT2D eigenvalue weighted by Gasteiger charge is -2.12. The van der Waals surface area contributed by atoms with Crippen LogP contribution in [0.25, 0.3) is 6.08 Å². The number of phenols is 1. The molecule has 0 aromatic heterocycles. The van der Waals surface area contributed by atoms with Crippen molar-refractivity contribution in [2.24, 2.45) is 0 Å². The van der Waals surface area contributed by atoms with Crippen LogP contribution >= 0.6 is 34.4 Å². The number of aromatic hydroxyl groups is 1. The molecule has 1 heterocycles. The lowest BCUT2D eigenvalue weighted by Crippen LogP contribution is -2.27. The highest BCUT2D eigenvalue weighted by atomic mass is 127. The van der Waals surface area contributed by atoms with Gasteiger partial charge >= 0.3 is 0 Å². The summed E-state index contributed by atoms with van der Waals surface area (Å²) in [6.45, 7) is 2.22. The van der Waals surface area contributed by atoms with E-state index in [0.29, 0.717) is 10.5 Å². The molecule has 0 unspecified atom stereocenters. The third-order valence-electron chi connectivity index (χ3n) is 3.57. The first-order valence-corrected chi connectivity index (χ1v) is 9.13. The van der Waals surface area contributed by atoms with Crippen molar-refractivity contribution in [1.82, 2.24) is 4.90 Å². The molecule has 2 amide bonds. The number of carbonyl (C=O) groups is 2. The molecule has 1 N–H and O–H groups in total. The predicted molar refractivity (Wildman–Crippen MR) is 104 cm³/mol. The number of carbonyl (C=O) groups excluding carboxylic acids is 2. The van der Waals surface area contributed by atoms with Crippen LogP contribution in [0.1, 0.15) is 16.7 Å². The second-order valence-electron chi connectivity index (χ2n) is 5.46. The van der Waals surface area contributed by atoms with E-state index in [1.165, 1.54) is 4.90 Å². The van der Waals surface area contributed by atoms with E-state index in [-0.39, 0.29) is 23.4 Å². The zero-order chi connectivity index (χ0) is 17.3. The van der Waals surface area contributed by atoms with Gasteiger partial charge < -0.3 is 5.11 Å². The molecule has 122 valence electrons. The van der Waals surface area contributed by atoms with E-state index in [1.54, 1.807) is 24.3 Å². The van der Waals surface area contributed by atoms with Gasteiger partial charge in [-0.15, -0.1) is 0 Å². The number of thioether (sulfide) groups is 1. The molecule has 4 nitrogen and oxygen atoms in total. The van der Waals surface area contributed by atoms with Crippen molar-refractivity contribution in [2.45, 2.75) is 13.5 Å². The topological polar surface area (TPSA) is 57.6 Å². The predicted octanol–water partition coefficient (Wildman–Crippen LogP) is 4.54. The number of aryl methyl sites for hydroxylation is 1. The van der Waals surface area contributed by atoms with Crippen molar-refractivity contribution in [1.29, 1.82) is 0 Å². The molecule has 3 rings (SSSR count). The Morgan fingerprint density at radius 3 is 2.75 bits per heavy atom. The van der Waals surface area contributed by atoms with Crippen LogP contribution in [0.5, 0.6) is 5.75 Å². The molecule has 0 radical (unpaired) electrons. The summed E-state index contributed by atoms with van der Waals surface area (Å²) in [5.74, 6) is -0.245. The minimum Gasteiger partial charge on any atom is -0.507 e. The molecule has 24 heavy (non-hydrogen) atoms. The summed E-state index contributed by atoms with van der Waals surface area (Å²) in [7, 11) is 0. The molecule has 0 saturated carbocycles. The highest BCUT2D eigenvalue weighted by Gasteiger charge is 2.35. The maximum atomic E-state index is 12.5. The lowest BCUT2D eigenvalue weighted by atomic mass is 10.1. The smallest absolute Gasteiger partial charge is 0.293 e. The van der Waals surface area contributed by atoms with E-state index >= 15 is 0 Å². The molecule has 0 aliphatic carbocycles. The maximum absolute atomic E-state index is 12.5. The molecular formula is C18H14INO3S. The van der Waals surface area contributed by atoms with Crippen molar-refractivity contribution in [3.8, 4) is 5.75 Å². The molecule has 1 saturated heterocycles. The monoisotopic (exact) mass is 451 g/mol. The Bertz CT molecular complexity index is 863. The molecule has 1 aliphatic rings. The summed E-state index contributed by atoms with van der Waals surface area (Å²) in [4.78, 5) is 26.3. The number of phenolic OH excluding ortho intramolecular Hbond substituents is 1. The zero-order valence-electron chi connectivity index (χ0n) is 12.8. The summed E-state index contributed by atoms with van der Waals surface area (Å²) in [5, 5.41) is 9.62. The molecule has 0 atom stereocenters. The van der Waals surface area contributed by atoms with Crippen LogP contribution in [0.15, 0.2) is 47.4 Å². The molecule has 2 aromatic carbocycles. The summed E-state index contributed by atoms with van der Waals surface area (Å²) >= 11 is 3.03. The van der Waals surface area contributed by atoms with Gasteiger partial charge in [-0.1, -0.05) is 29.8 Å². The SMILES string of the molecule is Cc1cccc(CN2C(=O)S/C(=C\c3cc(I)ccc3O)C2=O)c1. The number of nitrogens with zero attached hydrogens (tertiary/aromatic N) is 1. The Morgan fingerprint density at radius 1 is 1.21 bits per heavy atom. The summed E-state index contributed by atoms with van der Waals surface area (Å²) in [6, 6.07) is 12.8. The van der Waals surface area contributed by atoms with Gasteiger partial charge in [0, 0.05) is 9.13 Å². The van der Waals surface area contributed by atoms with Gasteiger partial charge in [0.05, 0.1) is 11.4 Å². The Labute approximate surface area is 157 Å². The second-order valence-corrected chi connectivity index (χ2v) is 7.70. The van der Waals surface area contributed by atoms with Gasteiger partial charge in [0.2, 0.25) is 0 Å². The van der Waals surface area contributed by atoms with Crippen LogP contribution in [0.2, 0.25) is 0 Å². The van der Waals surface area contributed by atoms with Crippen LogP contribution in [0.4, 0.5) is 4.79 Å². The fourth-order valence-electron chi connectivity index (χ4n) is 2.41. The van der Waals surface area contributed by atoms with Crippen molar-refractivity contribution < 1.29 is 14.7 Å². The first-order valence-electron chi connectivity index (χ1n) is 7.23.